The Kier molecular flexibility index (Phi) is 3.85. The molecule has 0 radical (unpaired) electrons. The van der Waals surface area contributed by atoms with Crippen LogP contribution in [0.25, 0.3) is 0 Å². The molecule has 1 heterocycles. The number of nitrogens with two attached hydrogens (primary N) is 1. The molecule has 1 saturated heterocycles. The molecule has 2 rings (SSSR count). The van der Waals surface area contributed by atoms with Crippen molar-refractivity contribution in [2.45, 2.75) is 38.1 Å². The summed E-state index contributed by atoms with van der Waals surface area (Å²) >= 11 is 0. The first kappa shape index (κ1) is 12.6. The average molecular weight is 232 g/mol. The molecule has 1 atom stereocenters. The molecular weight excluding hydrogens is 208 g/mol. The highest BCUT2D eigenvalue weighted by Gasteiger charge is 2.32. The van der Waals surface area contributed by atoms with Crippen LogP contribution in [0.3, 0.4) is 0 Å². The lowest BCUT2D eigenvalue weighted by Gasteiger charge is -2.34. The van der Waals surface area contributed by atoms with Gasteiger partial charge in [-0.2, -0.15) is 0 Å². The van der Waals surface area contributed by atoms with Crippen LogP contribution in [0.4, 0.5) is 0 Å². The van der Waals surface area contributed by atoms with Gasteiger partial charge in [-0.05, 0) is 38.8 Å². The summed E-state index contributed by atoms with van der Waals surface area (Å²) in [7, 11) is 0. The first-order valence-corrected chi connectivity index (χ1v) is 6.63. The fraction of sp³-hybridized carbons (Fsp3) is 0.600. The number of hydrogen-bond donors (Lipinski definition) is 1. The zero-order valence-corrected chi connectivity index (χ0v) is 11.0. The van der Waals surface area contributed by atoms with Crippen molar-refractivity contribution < 1.29 is 0 Å². The van der Waals surface area contributed by atoms with E-state index in [9.17, 15) is 0 Å². The maximum absolute atomic E-state index is 5.94. The standard InChI is InChI=1S/C15H24N2/c1-15(2)9-6-10-17(15)12-14(11-16)13-7-4-3-5-8-13/h3-5,7-8,14H,6,9-12,16H2,1-2H3. The van der Waals surface area contributed by atoms with Gasteiger partial charge in [0.25, 0.3) is 0 Å². The SMILES string of the molecule is CC1(C)CCCN1CC(CN)c1ccccc1. The normalized spacial score (nSPS) is 21.6. The van der Waals surface area contributed by atoms with Crippen molar-refractivity contribution in [3.05, 3.63) is 35.9 Å². The van der Waals surface area contributed by atoms with Gasteiger partial charge >= 0.3 is 0 Å². The van der Waals surface area contributed by atoms with Crippen molar-refractivity contribution >= 4 is 0 Å². The quantitative estimate of drug-likeness (QED) is 0.864. The fourth-order valence-electron chi connectivity index (χ4n) is 2.81. The number of benzene rings is 1. The summed E-state index contributed by atoms with van der Waals surface area (Å²) in [6.45, 7) is 7.73. The Morgan fingerprint density at radius 1 is 1.29 bits per heavy atom. The first-order chi connectivity index (χ1) is 8.13. The minimum Gasteiger partial charge on any atom is -0.330 e. The molecule has 1 aromatic rings. The van der Waals surface area contributed by atoms with E-state index in [1.54, 1.807) is 0 Å². The van der Waals surface area contributed by atoms with E-state index in [0.29, 0.717) is 11.5 Å². The monoisotopic (exact) mass is 232 g/mol. The predicted octanol–water partition coefficient (Wildman–Crippen LogP) is 2.60. The zero-order chi connectivity index (χ0) is 12.3. The molecule has 17 heavy (non-hydrogen) atoms. The Labute approximate surface area is 105 Å². The molecule has 0 saturated carbocycles. The van der Waals surface area contributed by atoms with Crippen LogP contribution in [0.5, 0.6) is 0 Å². The van der Waals surface area contributed by atoms with Gasteiger partial charge in [0.1, 0.15) is 0 Å². The lowest BCUT2D eigenvalue weighted by molar-refractivity contribution is 0.165. The van der Waals surface area contributed by atoms with Gasteiger partial charge in [-0.3, -0.25) is 4.90 Å². The highest BCUT2D eigenvalue weighted by atomic mass is 15.2. The van der Waals surface area contributed by atoms with Crippen LogP contribution in [-0.4, -0.2) is 30.1 Å². The van der Waals surface area contributed by atoms with E-state index in [1.165, 1.54) is 24.9 Å². The lowest BCUT2D eigenvalue weighted by atomic mass is 9.96. The van der Waals surface area contributed by atoms with Crippen molar-refractivity contribution in [1.82, 2.24) is 4.90 Å². The summed E-state index contributed by atoms with van der Waals surface area (Å²) in [6.07, 6.45) is 2.62. The van der Waals surface area contributed by atoms with Gasteiger partial charge in [0.05, 0.1) is 0 Å². The lowest BCUT2D eigenvalue weighted by Crippen LogP contribution is -2.41. The number of likely N-dealkylation sites (tertiary alicyclic amines) is 1. The molecule has 1 aromatic carbocycles. The minimum atomic E-state index is 0.349. The van der Waals surface area contributed by atoms with Crippen LogP contribution in [0.15, 0.2) is 30.3 Å². The van der Waals surface area contributed by atoms with Gasteiger partial charge in [0, 0.05) is 24.5 Å². The van der Waals surface area contributed by atoms with Gasteiger partial charge in [-0.1, -0.05) is 30.3 Å². The molecule has 2 nitrogen and oxygen atoms in total. The number of hydrogen-bond acceptors (Lipinski definition) is 2. The molecule has 0 spiro atoms. The number of nitrogens with zero attached hydrogens (tertiary/aromatic N) is 1. The summed E-state index contributed by atoms with van der Waals surface area (Å²) < 4.78 is 0. The third-order valence-corrected chi connectivity index (χ3v) is 4.07. The Hall–Kier alpha value is -0.860. The van der Waals surface area contributed by atoms with Crippen molar-refractivity contribution in [1.29, 1.82) is 0 Å². The average Bonchev–Trinajstić information content (AvgIpc) is 2.66. The van der Waals surface area contributed by atoms with Gasteiger partial charge in [0.2, 0.25) is 0 Å². The van der Waals surface area contributed by atoms with Crippen molar-refractivity contribution in [3.8, 4) is 0 Å². The van der Waals surface area contributed by atoms with E-state index >= 15 is 0 Å². The molecule has 0 aliphatic carbocycles. The smallest absolute Gasteiger partial charge is 0.0153 e. The van der Waals surface area contributed by atoms with Gasteiger partial charge < -0.3 is 5.73 Å². The van der Waals surface area contributed by atoms with Crippen molar-refractivity contribution in [3.63, 3.8) is 0 Å². The van der Waals surface area contributed by atoms with Crippen LogP contribution in [0.1, 0.15) is 38.2 Å². The van der Waals surface area contributed by atoms with Crippen molar-refractivity contribution in [2.24, 2.45) is 5.73 Å². The third-order valence-electron chi connectivity index (χ3n) is 4.07. The van der Waals surface area contributed by atoms with Crippen molar-refractivity contribution in [2.75, 3.05) is 19.6 Å². The molecule has 94 valence electrons. The summed E-state index contributed by atoms with van der Waals surface area (Å²) in [6, 6.07) is 10.7. The van der Waals surface area contributed by atoms with E-state index in [2.05, 4.69) is 49.1 Å². The molecule has 1 aliphatic heterocycles. The zero-order valence-electron chi connectivity index (χ0n) is 11.0. The summed E-state index contributed by atoms with van der Waals surface area (Å²) in [5, 5.41) is 0. The molecule has 1 unspecified atom stereocenters. The maximum atomic E-state index is 5.94. The first-order valence-electron chi connectivity index (χ1n) is 6.63. The number of rotatable bonds is 4. The Morgan fingerprint density at radius 2 is 2.00 bits per heavy atom. The van der Waals surface area contributed by atoms with Crippen LogP contribution in [-0.2, 0) is 0 Å². The Bertz CT molecular complexity index is 345. The second-order valence-corrected chi connectivity index (χ2v) is 5.71. The highest BCUT2D eigenvalue weighted by molar-refractivity contribution is 5.20. The predicted molar refractivity (Wildman–Crippen MR) is 73.1 cm³/mol. The van der Waals surface area contributed by atoms with Crippen LogP contribution < -0.4 is 5.73 Å². The molecule has 2 N–H and O–H groups in total. The second-order valence-electron chi connectivity index (χ2n) is 5.71. The highest BCUT2D eigenvalue weighted by Crippen LogP contribution is 2.30. The van der Waals surface area contributed by atoms with E-state index in [0.717, 1.165) is 13.1 Å². The second kappa shape index (κ2) is 5.19. The Balaban J connectivity index is 2.06. The maximum Gasteiger partial charge on any atom is 0.0153 e. The van der Waals surface area contributed by atoms with E-state index in [1.807, 2.05) is 0 Å². The molecule has 2 heteroatoms. The topological polar surface area (TPSA) is 29.3 Å². The molecule has 0 amide bonds. The molecule has 1 aliphatic rings. The van der Waals surface area contributed by atoms with Gasteiger partial charge in [0.15, 0.2) is 0 Å². The van der Waals surface area contributed by atoms with Gasteiger partial charge in [-0.25, -0.2) is 0 Å². The molecular formula is C15H24N2. The van der Waals surface area contributed by atoms with Crippen LogP contribution in [0, 0.1) is 0 Å². The van der Waals surface area contributed by atoms with E-state index < -0.39 is 0 Å². The van der Waals surface area contributed by atoms with E-state index in [4.69, 9.17) is 5.73 Å². The fourth-order valence-corrected chi connectivity index (χ4v) is 2.81. The molecule has 0 aromatic heterocycles. The largest absolute Gasteiger partial charge is 0.330 e. The third kappa shape index (κ3) is 2.88. The van der Waals surface area contributed by atoms with E-state index in [-0.39, 0.29) is 0 Å². The summed E-state index contributed by atoms with van der Waals surface area (Å²) in [4.78, 5) is 2.59. The summed E-state index contributed by atoms with van der Waals surface area (Å²) in [5.74, 6) is 0.466. The van der Waals surface area contributed by atoms with Crippen LogP contribution >= 0.6 is 0 Å². The molecule has 1 fully saturated rings. The summed E-state index contributed by atoms with van der Waals surface area (Å²) in [5.41, 5.74) is 7.67. The Morgan fingerprint density at radius 3 is 2.53 bits per heavy atom. The van der Waals surface area contributed by atoms with Crippen LogP contribution in [0.2, 0.25) is 0 Å². The molecule has 0 bridgehead atoms. The van der Waals surface area contributed by atoms with Gasteiger partial charge in [-0.15, -0.1) is 0 Å². The minimum absolute atomic E-state index is 0.349.